The molecule has 7 nitrogen and oxygen atoms in total. The van der Waals surface area contributed by atoms with Gasteiger partial charge in [-0.1, -0.05) is 6.07 Å². The van der Waals surface area contributed by atoms with Gasteiger partial charge < -0.3 is 14.8 Å². The number of para-hydroxylation sites is 1. The summed E-state index contributed by atoms with van der Waals surface area (Å²) in [5.74, 6) is -1.87. The number of carbonyl (C=O) groups is 1. The minimum absolute atomic E-state index is 0.332. The number of hydrogen-bond donors (Lipinski definition) is 1. The van der Waals surface area contributed by atoms with Gasteiger partial charge in [0.1, 0.15) is 34.4 Å². The molecule has 2 heterocycles. The molecule has 0 fully saturated rings. The van der Waals surface area contributed by atoms with Crippen LogP contribution in [0.1, 0.15) is 10.4 Å². The van der Waals surface area contributed by atoms with E-state index >= 15 is 0 Å². The van der Waals surface area contributed by atoms with Gasteiger partial charge in [0, 0.05) is 17.1 Å². The first-order chi connectivity index (χ1) is 14.9. The lowest BCUT2D eigenvalue weighted by Crippen LogP contribution is -2.27. The van der Waals surface area contributed by atoms with Crippen LogP contribution in [0.15, 0.2) is 52.8 Å². The van der Waals surface area contributed by atoms with Crippen molar-refractivity contribution in [2.24, 2.45) is 0 Å². The van der Waals surface area contributed by atoms with E-state index in [1.54, 1.807) is 23.6 Å². The van der Waals surface area contributed by atoms with E-state index in [1.165, 1.54) is 36.0 Å². The van der Waals surface area contributed by atoms with Crippen molar-refractivity contribution in [3.63, 3.8) is 0 Å². The molecule has 0 bridgehead atoms. The second kappa shape index (κ2) is 8.15. The molecule has 158 valence electrons. The number of halogens is 2. The fourth-order valence-corrected chi connectivity index (χ4v) is 3.90. The van der Waals surface area contributed by atoms with Crippen molar-refractivity contribution in [2.45, 2.75) is 0 Å². The highest BCUT2D eigenvalue weighted by molar-refractivity contribution is 7.15. The number of benzene rings is 2. The molecule has 0 unspecified atom stereocenters. The topological polar surface area (TPSA) is 81.9 Å². The second-order valence-corrected chi connectivity index (χ2v) is 7.17. The van der Waals surface area contributed by atoms with Gasteiger partial charge in [0.05, 0.1) is 19.9 Å². The third-order valence-corrected chi connectivity index (χ3v) is 5.41. The van der Waals surface area contributed by atoms with Crippen molar-refractivity contribution in [1.29, 1.82) is 0 Å². The van der Waals surface area contributed by atoms with Crippen molar-refractivity contribution < 1.29 is 23.0 Å². The van der Waals surface area contributed by atoms with E-state index < -0.39 is 28.8 Å². The molecule has 0 saturated carbocycles. The maximum Gasteiger partial charge on any atom is 0.271 e. The smallest absolute Gasteiger partial charge is 0.271 e. The van der Waals surface area contributed by atoms with Crippen LogP contribution in [0.5, 0.6) is 11.5 Å². The first-order valence-electron chi connectivity index (χ1n) is 8.91. The Bertz CT molecular complexity index is 1350. The summed E-state index contributed by atoms with van der Waals surface area (Å²) in [6.45, 7) is 0. The number of ether oxygens (including phenoxy) is 2. The van der Waals surface area contributed by atoms with Gasteiger partial charge >= 0.3 is 0 Å². The number of amides is 1. The number of nitrogens with zero attached hydrogens (tertiary/aromatic N) is 2. The predicted molar refractivity (Wildman–Crippen MR) is 112 cm³/mol. The van der Waals surface area contributed by atoms with Crippen LogP contribution >= 0.6 is 11.3 Å². The first kappa shape index (κ1) is 20.5. The minimum atomic E-state index is -0.981. The summed E-state index contributed by atoms with van der Waals surface area (Å²) in [4.78, 5) is 30.3. The summed E-state index contributed by atoms with van der Waals surface area (Å²) in [7, 11) is 3.00. The van der Waals surface area contributed by atoms with E-state index in [-0.39, 0.29) is 5.56 Å². The molecule has 0 radical (unpaired) electrons. The predicted octanol–water partition coefficient (Wildman–Crippen LogP) is 3.97. The van der Waals surface area contributed by atoms with Crippen LogP contribution < -0.4 is 20.3 Å². The molecule has 0 aliphatic heterocycles. The zero-order valence-corrected chi connectivity index (χ0v) is 17.1. The number of carbonyl (C=O) groups excluding carboxylic acids is 1. The lowest BCUT2D eigenvalue weighted by Gasteiger charge is -2.11. The summed E-state index contributed by atoms with van der Waals surface area (Å²) < 4.78 is 39.7. The Morgan fingerprint density at radius 1 is 1.13 bits per heavy atom. The van der Waals surface area contributed by atoms with Gasteiger partial charge in [-0.25, -0.2) is 13.8 Å². The summed E-state index contributed by atoms with van der Waals surface area (Å²) in [6.07, 6.45) is 1.08. The average molecular weight is 443 g/mol. The zero-order chi connectivity index (χ0) is 22.1. The minimum Gasteiger partial charge on any atom is -0.497 e. The number of methoxy groups -OCH3 is 2. The molecule has 10 heteroatoms. The molecule has 2 aromatic carbocycles. The molecule has 0 spiro atoms. The monoisotopic (exact) mass is 443 g/mol. The molecule has 4 rings (SSSR count). The molecule has 0 atom stereocenters. The lowest BCUT2D eigenvalue weighted by molar-refractivity contribution is 0.102. The van der Waals surface area contributed by atoms with Gasteiger partial charge in [-0.15, -0.1) is 11.3 Å². The van der Waals surface area contributed by atoms with Crippen LogP contribution in [0.3, 0.4) is 0 Å². The van der Waals surface area contributed by atoms with Crippen LogP contribution in [0.4, 0.5) is 14.5 Å². The van der Waals surface area contributed by atoms with Gasteiger partial charge in [0.2, 0.25) is 0 Å². The van der Waals surface area contributed by atoms with Gasteiger partial charge in [0.15, 0.2) is 4.96 Å². The van der Waals surface area contributed by atoms with Gasteiger partial charge in [0.25, 0.3) is 11.5 Å². The highest BCUT2D eigenvalue weighted by Gasteiger charge is 2.21. The fourth-order valence-electron chi connectivity index (χ4n) is 3.05. The molecule has 4 aromatic rings. The maximum absolute atomic E-state index is 13.9. The largest absolute Gasteiger partial charge is 0.497 e. The number of thiazole rings is 1. The number of rotatable bonds is 5. The number of nitrogens with one attached hydrogen (secondary N) is 1. The van der Waals surface area contributed by atoms with E-state index in [9.17, 15) is 18.4 Å². The van der Waals surface area contributed by atoms with Crippen LogP contribution in [-0.2, 0) is 0 Å². The Morgan fingerprint density at radius 2 is 1.87 bits per heavy atom. The summed E-state index contributed by atoms with van der Waals surface area (Å²) >= 11 is 1.19. The van der Waals surface area contributed by atoms with Crippen molar-refractivity contribution >= 4 is 27.9 Å². The van der Waals surface area contributed by atoms with E-state index in [0.717, 1.165) is 18.3 Å². The summed E-state index contributed by atoms with van der Waals surface area (Å²) in [6, 6.07) is 8.25. The third kappa shape index (κ3) is 3.61. The Balaban J connectivity index is 1.84. The van der Waals surface area contributed by atoms with Crippen LogP contribution in [0.25, 0.3) is 16.2 Å². The van der Waals surface area contributed by atoms with Gasteiger partial charge in [-0.3, -0.25) is 14.0 Å². The number of anilines is 1. The van der Waals surface area contributed by atoms with Crippen LogP contribution in [0, 0.1) is 11.6 Å². The van der Waals surface area contributed by atoms with E-state index in [4.69, 9.17) is 9.47 Å². The molecule has 1 amide bonds. The molecule has 0 saturated heterocycles. The molecule has 31 heavy (non-hydrogen) atoms. The van der Waals surface area contributed by atoms with Crippen LogP contribution in [0.2, 0.25) is 0 Å². The van der Waals surface area contributed by atoms with Crippen LogP contribution in [-0.4, -0.2) is 29.5 Å². The lowest BCUT2D eigenvalue weighted by atomic mass is 10.1. The van der Waals surface area contributed by atoms with E-state index in [1.807, 2.05) is 0 Å². The van der Waals surface area contributed by atoms with Gasteiger partial charge in [-0.2, -0.15) is 0 Å². The molecular weight excluding hydrogens is 428 g/mol. The average Bonchev–Trinajstić information content (AvgIpc) is 3.21. The summed E-state index contributed by atoms with van der Waals surface area (Å²) in [5.41, 5.74) is -0.728. The quantitative estimate of drug-likeness (QED) is 0.505. The normalized spacial score (nSPS) is 10.8. The highest BCUT2D eigenvalue weighted by Crippen LogP contribution is 2.35. The molecule has 2 aromatic heterocycles. The first-order valence-corrected chi connectivity index (χ1v) is 9.79. The Morgan fingerprint density at radius 3 is 2.55 bits per heavy atom. The Kier molecular flexibility index (Phi) is 5.38. The zero-order valence-electron chi connectivity index (χ0n) is 16.3. The van der Waals surface area contributed by atoms with Crippen molar-refractivity contribution in [1.82, 2.24) is 9.38 Å². The Hall–Kier alpha value is -3.79. The third-order valence-electron chi connectivity index (χ3n) is 4.57. The number of aromatic nitrogens is 2. The van der Waals surface area contributed by atoms with Gasteiger partial charge in [-0.05, 0) is 30.3 Å². The van der Waals surface area contributed by atoms with Crippen molar-refractivity contribution in [3.05, 3.63) is 75.5 Å². The van der Waals surface area contributed by atoms with E-state index in [2.05, 4.69) is 10.3 Å². The number of fused-ring (bicyclic) bond motifs is 1. The molecule has 0 aliphatic carbocycles. The molecular formula is C21H15F2N3O4S. The fraction of sp³-hybridized carbons (Fsp3) is 0.0952. The second-order valence-electron chi connectivity index (χ2n) is 6.33. The molecule has 1 N–H and O–H groups in total. The maximum atomic E-state index is 13.9. The highest BCUT2D eigenvalue weighted by atomic mass is 32.1. The standard InChI is InChI=1S/C21H15F2N3O4S/c1-29-11-6-7-17(30-2)12(8-11)16-10-31-21-24-9-13(20(28)26(16)21)19(27)25-18-14(22)4-3-5-15(18)23/h3-10H,1-2H3,(H,25,27). The molecule has 0 aliphatic rings. The Labute approximate surface area is 178 Å². The number of hydrogen-bond acceptors (Lipinski definition) is 6. The van der Waals surface area contributed by atoms with Crippen molar-refractivity contribution in [3.8, 4) is 22.8 Å². The SMILES string of the molecule is COc1ccc(OC)c(-c2csc3ncc(C(=O)Nc4c(F)cccc4F)c(=O)n23)c1. The van der Waals surface area contributed by atoms with E-state index in [0.29, 0.717) is 27.7 Å². The van der Waals surface area contributed by atoms with Crippen molar-refractivity contribution in [2.75, 3.05) is 19.5 Å². The summed E-state index contributed by atoms with van der Waals surface area (Å²) in [5, 5.41) is 3.80.